The molecule has 2 aromatic rings. The molecule has 55 heavy (non-hydrogen) atoms. The Morgan fingerprint density at radius 1 is 1.15 bits per heavy atom. The Balaban J connectivity index is 1.38. The van der Waals surface area contributed by atoms with Gasteiger partial charge in [-0.1, -0.05) is 0 Å². The van der Waals surface area contributed by atoms with Crippen LogP contribution in [0.2, 0.25) is 0 Å². The molecule has 0 spiro atoms. The molecule has 3 N–H and O–H groups in total. The zero-order chi connectivity index (χ0) is 40.6. The fourth-order valence-corrected chi connectivity index (χ4v) is 10.6. The number of ether oxygens (including phenoxy) is 5. The van der Waals surface area contributed by atoms with Gasteiger partial charge in [-0.15, -0.1) is 15.7 Å². The number of fused-ring (bicyclic) bond motifs is 1. The van der Waals surface area contributed by atoms with Crippen LogP contribution in [0.4, 0.5) is 5.82 Å². The lowest BCUT2D eigenvalue weighted by Crippen LogP contribution is -2.49. The minimum Gasteiger partial charge on any atom is -0.470 e. The summed E-state index contributed by atoms with van der Waals surface area (Å²) in [5, 5.41) is 8.64. The molecule has 0 aliphatic carbocycles. The van der Waals surface area contributed by atoms with Crippen molar-refractivity contribution < 1.29 is 54.9 Å². The molecule has 1 fully saturated rings. The number of primary sulfonamides is 1. The number of morpholine rings is 1. The Morgan fingerprint density at radius 2 is 1.82 bits per heavy atom. The van der Waals surface area contributed by atoms with Crippen molar-refractivity contribution >= 4 is 66.8 Å². The summed E-state index contributed by atoms with van der Waals surface area (Å²) in [5.74, 6) is -1.26. The van der Waals surface area contributed by atoms with Crippen molar-refractivity contribution in [3.05, 3.63) is 11.6 Å². The van der Waals surface area contributed by atoms with Crippen molar-refractivity contribution in [3.8, 4) is 5.88 Å². The first-order valence-corrected chi connectivity index (χ1v) is 22.3. The summed E-state index contributed by atoms with van der Waals surface area (Å²) in [7, 11) is -6.89. The lowest BCUT2D eigenvalue weighted by atomic mass is 10.1. The first kappa shape index (κ1) is 44.7. The van der Waals surface area contributed by atoms with Crippen LogP contribution in [0.15, 0.2) is 14.5 Å². The van der Waals surface area contributed by atoms with Crippen LogP contribution in [0.5, 0.6) is 5.88 Å². The minimum atomic E-state index is -4.26. The van der Waals surface area contributed by atoms with Gasteiger partial charge in [0.1, 0.15) is 21.1 Å². The summed E-state index contributed by atoms with van der Waals surface area (Å²) in [6.07, 6.45) is -2.45. The summed E-state index contributed by atoms with van der Waals surface area (Å²) in [6.45, 7) is 11.7. The van der Waals surface area contributed by atoms with Gasteiger partial charge in [0.25, 0.3) is 21.8 Å². The Hall–Kier alpha value is -3.03. The van der Waals surface area contributed by atoms with Gasteiger partial charge in [0.2, 0.25) is 15.8 Å². The maximum atomic E-state index is 13.8. The number of esters is 2. The van der Waals surface area contributed by atoms with Gasteiger partial charge < -0.3 is 38.8 Å². The highest BCUT2D eigenvalue weighted by Gasteiger charge is 2.44. The van der Waals surface area contributed by atoms with Crippen molar-refractivity contribution in [3.63, 3.8) is 0 Å². The number of amides is 1. The van der Waals surface area contributed by atoms with Crippen molar-refractivity contribution in [2.45, 2.75) is 86.1 Å². The van der Waals surface area contributed by atoms with E-state index in [0.29, 0.717) is 55.8 Å². The van der Waals surface area contributed by atoms with Crippen molar-refractivity contribution in [2.75, 3.05) is 77.7 Å². The van der Waals surface area contributed by atoms with E-state index in [1.165, 1.54) is 29.3 Å². The molecule has 2 unspecified atom stereocenters. The van der Waals surface area contributed by atoms with Gasteiger partial charge in [-0.05, 0) is 47.1 Å². The number of likely N-dealkylation sites (N-methyl/N-ethyl adjacent to an activating group) is 1. The summed E-state index contributed by atoms with van der Waals surface area (Å²) in [4.78, 5) is 43.0. The highest BCUT2D eigenvalue weighted by Crippen LogP contribution is 2.42. The average Bonchev–Trinajstić information content (AvgIpc) is 3.80. The van der Waals surface area contributed by atoms with E-state index in [-0.39, 0.29) is 71.8 Å². The van der Waals surface area contributed by atoms with Gasteiger partial charge >= 0.3 is 11.9 Å². The van der Waals surface area contributed by atoms with Gasteiger partial charge in [-0.2, -0.15) is 8.68 Å². The van der Waals surface area contributed by atoms with Crippen LogP contribution in [0, 0.1) is 0 Å². The molecular weight excluding hydrogens is 803 g/mol. The number of anilines is 1. The van der Waals surface area contributed by atoms with Crippen LogP contribution < -0.4 is 20.1 Å². The summed E-state index contributed by atoms with van der Waals surface area (Å²) in [5.41, 5.74) is -0.190. The Labute approximate surface area is 330 Å². The molecule has 19 nitrogen and oxygen atoms in total. The number of nitrogens with two attached hydrogens (primary N) is 1. The summed E-state index contributed by atoms with van der Waals surface area (Å²) >= 11 is 1.52. The molecule has 1 saturated heterocycles. The smallest absolute Gasteiger partial charge is 0.307 e. The standard InChI is InChI=1S/C32H51N7O12S4/c1-7-39(24-19-38(11-8-14-47-6)55(45,46)31-23(24)17-27(52-31)54(33,43)44)30(42)21(2)50-25(40)9-10-26(41)51-22(18-34-32(3,4)5)20-49-29-28(35-53-36-29)37-12-15-48-16-13-37/h17,21-22,24,34H,7-16,18-20H2,1-6H3,(H2,33,43,44)/t21?,22?,24-/m1/s1. The van der Waals surface area contributed by atoms with Crippen molar-refractivity contribution in [2.24, 2.45) is 5.14 Å². The molecule has 3 atom stereocenters. The van der Waals surface area contributed by atoms with Crippen LogP contribution in [-0.2, 0) is 53.4 Å². The van der Waals surface area contributed by atoms with Gasteiger partial charge in [0.05, 0.1) is 43.8 Å². The molecule has 310 valence electrons. The monoisotopic (exact) mass is 853 g/mol. The molecule has 2 aromatic heterocycles. The number of sulfonamides is 2. The topological polar surface area (TPSA) is 239 Å². The van der Waals surface area contributed by atoms with Gasteiger partial charge in [-0.3, -0.25) is 14.4 Å². The number of nitrogens with zero attached hydrogens (tertiary/aromatic N) is 5. The first-order valence-electron chi connectivity index (χ1n) is 17.7. The van der Waals surface area contributed by atoms with Gasteiger partial charge in [0.15, 0.2) is 6.10 Å². The molecule has 1 amide bonds. The summed E-state index contributed by atoms with van der Waals surface area (Å²) < 4.78 is 88.2. The van der Waals surface area contributed by atoms with Crippen LogP contribution in [0.25, 0.3) is 0 Å². The predicted octanol–water partition coefficient (Wildman–Crippen LogP) is 1.10. The molecule has 0 saturated carbocycles. The quantitative estimate of drug-likeness (QED) is 0.149. The molecule has 0 bridgehead atoms. The van der Waals surface area contributed by atoms with Crippen LogP contribution >= 0.6 is 23.1 Å². The molecule has 4 heterocycles. The normalized spacial score (nSPS) is 18.6. The predicted molar refractivity (Wildman–Crippen MR) is 202 cm³/mol. The zero-order valence-corrected chi connectivity index (χ0v) is 35.1. The third-order valence-electron chi connectivity index (χ3n) is 8.55. The fourth-order valence-electron chi connectivity index (χ4n) is 5.79. The van der Waals surface area contributed by atoms with Crippen LogP contribution in [-0.4, -0.2) is 143 Å². The zero-order valence-electron chi connectivity index (χ0n) is 31.8. The van der Waals surface area contributed by atoms with E-state index in [0.717, 1.165) is 11.7 Å². The lowest BCUT2D eigenvalue weighted by molar-refractivity contribution is -0.162. The van der Waals surface area contributed by atoms with E-state index >= 15 is 0 Å². The van der Waals surface area contributed by atoms with Gasteiger partial charge in [-0.25, -0.2) is 22.0 Å². The molecular formula is C32H51N7O12S4. The summed E-state index contributed by atoms with van der Waals surface area (Å²) in [6, 6.07) is 0.265. The van der Waals surface area contributed by atoms with E-state index < -0.39 is 56.1 Å². The van der Waals surface area contributed by atoms with Crippen molar-refractivity contribution in [1.29, 1.82) is 0 Å². The number of rotatable bonds is 19. The molecule has 23 heteroatoms. The molecule has 2 aliphatic heterocycles. The third kappa shape index (κ3) is 12.2. The molecule has 0 aromatic carbocycles. The number of hydrogen-bond acceptors (Lipinski definition) is 18. The third-order valence-corrected chi connectivity index (χ3v) is 14.0. The van der Waals surface area contributed by atoms with E-state index in [4.69, 9.17) is 28.8 Å². The maximum absolute atomic E-state index is 13.8. The Kier molecular flexibility index (Phi) is 15.8. The second-order valence-corrected chi connectivity index (χ2v) is 19.4. The van der Waals surface area contributed by atoms with E-state index in [1.807, 2.05) is 25.7 Å². The van der Waals surface area contributed by atoms with Crippen LogP contribution in [0.3, 0.4) is 0 Å². The second-order valence-electron chi connectivity index (χ2n) is 13.9. The fraction of sp³-hybridized carbons (Fsp3) is 0.719. The Bertz CT molecular complexity index is 1840. The largest absolute Gasteiger partial charge is 0.470 e. The molecule has 4 rings (SSSR count). The Morgan fingerprint density at radius 3 is 2.44 bits per heavy atom. The second kappa shape index (κ2) is 19.4. The van der Waals surface area contributed by atoms with E-state index in [1.54, 1.807) is 6.92 Å². The van der Waals surface area contributed by atoms with E-state index in [2.05, 4.69) is 14.1 Å². The van der Waals surface area contributed by atoms with Crippen molar-refractivity contribution in [1.82, 2.24) is 23.3 Å². The number of hydrogen-bond donors (Lipinski definition) is 2. The average molecular weight is 854 g/mol. The molecule has 0 radical (unpaired) electrons. The number of methoxy groups -OCH3 is 1. The SMILES string of the molecule is CCN(C(=O)C(C)OC(=O)CCC(=O)OC(CNC(C)(C)C)COc1nsnc1N1CCOCC1)[C@@H]1CN(CCCOC)S(=O)(=O)c2sc(S(N)(=O)=O)cc21. The molecule has 2 aliphatic rings. The lowest BCUT2D eigenvalue weighted by Gasteiger charge is -2.39. The highest BCUT2D eigenvalue weighted by atomic mass is 32.3. The number of carbonyl (C=O) groups excluding carboxylic acids is 3. The number of aromatic nitrogens is 2. The highest BCUT2D eigenvalue weighted by molar-refractivity contribution is 7.94. The minimum absolute atomic E-state index is 0.0305. The number of carbonyl (C=O) groups is 3. The maximum Gasteiger partial charge on any atom is 0.307 e. The number of thiophene rings is 1. The number of nitrogens with one attached hydrogen (secondary N) is 1. The first-order chi connectivity index (χ1) is 25.8. The van der Waals surface area contributed by atoms with E-state index in [9.17, 15) is 31.2 Å². The van der Waals surface area contributed by atoms with Crippen LogP contribution in [0.1, 0.15) is 65.5 Å². The van der Waals surface area contributed by atoms with Gasteiger partial charge in [0, 0.05) is 64.1 Å².